The van der Waals surface area contributed by atoms with Crippen LogP contribution in [-0.4, -0.2) is 55.9 Å². The topological polar surface area (TPSA) is 75.9 Å². The summed E-state index contributed by atoms with van der Waals surface area (Å²) >= 11 is 0. The molecule has 1 aromatic carbocycles. The molecule has 1 aliphatic rings. The molecule has 0 aliphatic carbocycles. The summed E-state index contributed by atoms with van der Waals surface area (Å²) in [6.45, 7) is -0.836. The van der Waals surface area contributed by atoms with Crippen molar-refractivity contribution in [1.82, 2.24) is 20.2 Å². The molecule has 0 spiro atoms. The van der Waals surface area contributed by atoms with Gasteiger partial charge in [0.15, 0.2) is 5.96 Å². The maximum absolute atomic E-state index is 12.9. The molecular weight excluding hydrogens is 509 g/mol. The number of rotatable bonds is 7. The van der Waals surface area contributed by atoms with Crippen molar-refractivity contribution in [2.75, 3.05) is 39.3 Å². The summed E-state index contributed by atoms with van der Waals surface area (Å²) in [7, 11) is 4.90. The fraction of sp³-hybridized carbons (Fsp3) is 0.474. The molecule has 3 rings (SSSR count). The fourth-order valence-corrected chi connectivity index (χ4v) is 3.30. The van der Waals surface area contributed by atoms with Crippen molar-refractivity contribution < 1.29 is 18.3 Å². The van der Waals surface area contributed by atoms with Crippen LogP contribution in [0.1, 0.15) is 18.8 Å². The lowest BCUT2D eigenvalue weighted by Crippen LogP contribution is -2.44. The van der Waals surface area contributed by atoms with Crippen LogP contribution in [0.5, 0.6) is 11.5 Å². The number of ether oxygens (including phenoxy) is 2. The number of aromatic nitrogens is 2. The number of hydrogen-bond donors (Lipinski definition) is 2. The number of anilines is 1. The van der Waals surface area contributed by atoms with Gasteiger partial charge in [-0.25, -0.2) is 4.98 Å². The Hall–Kier alpha value is -2.31. The minimum Gasteiger partial charge on any atom is -0.497 e. The zero-order valence-electron chi connectivity index (χ0n) is 17.1. The quantitative estimate of drug-likeness (QED) is 0.322. The molecule has 0 amide bonds. The lowest BCUT2D eigenvalue weighted by Gasteiger charge is -2.21. The number of alkyl halides is 2. The Kier molecular flexibility index (Phi) is 8.93. The monoisotopic (exact) mass is 536 g/mol. The molecule has 2 aromatic rings. The molecule has 1 unspecified atom stereocenters. The van der Waals surface area contributed by atoms with E-state index in [2.05, 4.69) is 25.5 Å². The van der Waals surface area contributed by atoms with Crippen molar-refractivity contribution in [3.05, 3.63) is 36.4 Å². The molecule has 1 aromatic heterocycles. The van der Waals surface area contributed by atoms with Gasteiger partial charge in [0, 0.05) is 62.5 Å². The summed E-state index contributed by atoms with van der Waals surface area (Å²) in [4.78, 5) is 10.4. The Morgan fingerprint density at radius 2 is 1.97 bits per heavy atom. The summed E-state index contributed by atoms with van der Waals surface area (Å²) in [5.74, 6) is 2.27. The first-order chi connectivity index (χ1) is 14.0. The van der Waals surface area contributed by atoms with E-state index in [4.69, 9.17) is 9.47 Å². The third-order valence-electron chi connectivity index (χ3n) is 4.83. The van der Waals surface area contributed by atoms with Gasteiger partial charge in [-0.15, -0.1) is 24.0 Å². The number of halogens is 3. The summed E-state index contributed by atoms with van der Waals surface area (Å²) in [6, 6.07) is 5.95. The third-order valence-corrected chi connectivity index (χ3v) is 4.83. The Labute approximate surface area is 191 Å². The minimum atomic E-state index is -2.62. The molecule has 0 saturated carbocycles. The number of methoxy groups -OCH3 is 2. The molecule has 2 N–H and O–H groups in total. The molecule has 2 heterocycles. The maximum atomic E-state index is 12.9. The van der Waals surface area contributed by atoms with E-state index in [1.807, 2.05) is 18.2 Å². The van der Waals surface area contributed by atoms with Gasteiger partial charge in [-0.1, -0.05) is 0 Å². The zero-order chi connectivity index (χ0) is 20.8. The number of hydrogen-bond acceptors (Lipinski definition) is 5. The molecule has 1 saturated heterocycles. The van der Waals surface area contributed by atoms with E-state index >= 15 is 0 Å². The van der Waals surface area contributed by atoms with Crippen LogP contribution in [0.2, 0.25) is 0 Å². The first kappa shape index (κ1) is 24.0. The highest BCUT2D eigenvalue weighted by atomic mass is 127. The number of imidazole rings is 1. The van der Waals surface area contributed by atoms with Gasteiger partial charge in [-0.2, -0.15) is 8.78 Å². The molecular formula is C19H27F2IN6O2. The fourth-order valence-electron chi connectivity index (χ4n) is 3.30. The van der Waals surface area contributed by atoms with Gasteiger partial charge in [-0.3, -0.25) is 9.56 Å². The second-order valence-electron chi connectivity index (χ2n) is 6.60. The number of aliphatic imine (C=N–C) groups is 1. The van der Waals surface area contributed by atoms with Crippen molar-refractivity contribution in [3.63, 3.8) is 0 Å². The van der Waals surface area contributed by atoms with Crippen molar-refractivity contribution >= 4 is 35.6 Å². The SMILES string of the molecule is CN=C(NCc1nccn1C(F)F)NC1CCN(c2cc(OC)cc(OC)c2)C1.I. The van der Waals surface area contributed by atoms with E-state index in [9.17, 15) is 8.78 Å². The summed E-state index contributed by atoms with van der Waals surface area (Å²) in [5.41, 5.74) is 1.02. The Bertz CT molecular complexity index is 826. The molecule has 1 fully saturated rings. The highest BCUT2D eigenvalue weighted by molar-refractivity contribution is 14.0. The predicted molar refractivity (Wildman–Crippen MR) is 122 cm³/mol. The molecule has 166 valence electrons. The molecule has 30 heavy (non-hydrogen) atoms. The summed E-state index contributed by atoms with van der Waals surface area (Å²) < 4.78 is 37.4. The van der Waals surface area contributed by atoms with E-state index < -0.39 is 6.55 Å². The molecule has 11 heteroatoms. The Morgan fingerprint density at radius 3 is 2.57 bits per heavy atom. The van der Waals surface area contributed by atoms with Crippen molar-refractivity contribution in [2.45, 2.75) is 25.6 Å². The molecule has 1 aliphatic heterocycles. The normalized spacial score (nSPS) is 16.4. The molecule has 0 radical (unpaired) electrons. The van der Waals surface area contributed by atoms with E-state index in [1.54, 1.807) is 21.3 Å². The van der Waals surface area contributed by atoms with Crippen molar-refractivity contribution in [1.29, 1.82) is 0 Å². The van der Waals surface area contributed by atoms with Crippen LogP contribution in [0.3, 0.4) is 0 Å². The first-order valence-corrected chi connectivity index (χ1v) is 9.29. The third kappa shape index (κ3) is 5.86. The lowest BCUT2D eigenvalue weighted by atomic mass is 10.2. The van der Waals surface area contributed by atoms with Gasteiger partial charge < -0.3 is 25.0 Å². The van der Waals surface area contributed by atoms with E-state index in [1.165, 1.54) is 12.4 Å². The van der Waals surface area contributed by atoms with Crippen molar-refractivity contribution in [2.24, 2.45) is 4.99 Å². The van der Waals surface area contributed by atoms with Crippen LogP contribution in [0, 0.1) is 0 Å². The summed E-state index contributed by atoms with van der Waals surface area (Å²) in [6.07, 6.45) is 3.53. The number of guanidine groups is 1. The smallest absolute Gasteiger partial charge is 0.319 e. The minimum absolute atomic E-state index is 0. The lowest BCUT2D eigenvalue weighted by molar-refractivity contribution is 0.0668. The van der Waals surface area contributed by atoms with Gasteiger partial charge in [0.1, 0.15) is 17.3 Å². The highest BCUT2D eigenvalue weighted by Crippen LogP contribution is 2.30. The number of nitrogens with zero attached hydrogens (tertiary/aromatic N) is 4. The van der Waals surface area contributed by atoms with Crippen LogP contribution in [-0.2, 0) is 6.54 Å². The second-order valence-corrected chi connectivity index (χ2v) is 6.60. The predicted octanol–water partition coefficient (Wildman–Crippen LogP) is 2.86. The van der Waals surface area contributed by atoms with Crippen molar-refractivity contribution in [3.8, 4) is 11.5 Å². The van der Waals surface area contributed by atoms with E-state index in [0.29, 0.717) is 5.96 Å². The van der Waals surface area contributed by atoms with E-state index in [-0.39, 0.29) is 42.4 Å². The van der Waals surface area contributed by atoms with Gasteiger partial charge in [0.2, 0.25) is 0 Å². The molecule has 1 atom stereocenters. The van der Waals surface area contributed by atoms with Gasteiger partial charge in [0.05, 0.1) is 20.8 Å². The Morgan fingerprint density at radius 1 is 1.27 bits per heavy atom. The van der Waals surface area contributed by atoms with Crippen LogP contribution in [0.15, 0.2) is 35.6 Å². The van der Waals surface area contributed by atoms with Crippen LogP contribution in [0.25, 0.3) is 0 Å². The van der Waals surface area contributed by atoms with Gasteiger partial charge in [-0.05, 0) is 6.42 Å². The van der Waals surface area contributed by atoms with Gasteiger partial charge in [0.25, 0.3) is 0 Å². The second kappa shape index (κ2) is 11.2. The largest absolute Gasteiger partial charge is 0.497 e. The first-order valence-electron chi connectivity index (χ1n) is 9.29. The zero-order valence-corrected chi connectivity index (χ0v) is 19.5. The molecule has 0 bridgehead atoms. The van der Waals surface area contributed by atoms with E-state index in [0.717, 1.165) is 41.3 Å². The standard InChI is InChI=1S/C19H26F2N6O2.HI/c1-22-19(24-11-17-23-5-7-27(17)18(20)21)25-13-4-6-26(12-13)14-8-15(28-2)10-16(9-14)29-3;/h5,7-10,13,18H,4,6,11-12H2,1-3H3,(H2,22,24,25);1H. The molecule has 8 nitrogen and oxygen atoms in total. The number of benzene rings is 1. The highest BCUT2D eigenvalue weighted by Gasteiger charge is 2.24. The maximum Gasteiger partial charge on any atom is 0.319 e. The van der Waals surface area contributed by atoms with Crippen LogP contribution < -0.4 is 25.0 Å². The number of nitrogens with one attached hydrogen (secondary N) is 2. The van der Waals surface area contributed by atoms with Gasteiger partial charge >= 0.3 is 6.55 Å². The Balaban J connectivity index is 0.00000320. The van der Waals surface area contributed by atoms with Crippen LogP contribution >= 0.6 is 24.0 Å². The average Bonchev–Trinajstić information content (AvgIpc) is 3.40. The average molecular weight is 536 g/mol. The van der Waals surface area contributed by atoms with Crippen LogP contribution in [0.4, 0.5) is 14.5 Å². The summed E-state index contributed by atoms with van der Waals surface area (Å²) in [5, 5.41) is 6.39.